The second-order valence-electron chi connectivity index (χ2n) is 6.39. The first kappa shape index (κ1) is 19.5. The maximum Gasteiger partial charge on any atom is 0.251 e. The molecule has 6 heteroatoms. The van der Waals surface area contributed by atoms with Gasteiger partial charge in [-0.05, 0) is 29.7 Å². The fraction of sp³-hybridized carbons (Fsp3) is 0.333. The Kier molecular flexibility index (Phi) is 6.90. The third kappa shape index (κ3) is 5.11. The van der Waals surface area contributed by atoms with Gasteiger partial charge in [0.1, 0.15) is 5.37 Å². The monoisotopic (exact) mass is 384 g/mol. The summed E-state index contributed by atoms with van der Waals surface area (Å²) in [5, 5.41) is 2.87. The first-order chi connectivity index (χ1) is 13.2. The minimum Gasteiger partial charge on any atom is -0.385 e. The molecule has 1 atom stereocenters. The summed E-state index contributed by atoms with van der Waals surface area (Å²) < 4.78 is 4.98. The lowest BCUT2D eigenvalue weighted by molar-refractivity contribution is -0.128. The average molecular weight is 385 g/mol. The second-order valence-corrected chi connectivity index (χ2v) is 7.46. The van der Waals surface area contributed by atoms with Gasteiger partial charge in [-0.15, -0.1) is 11.8 Å². The first-order valence-electron chi connectivity index (χ1n) is 9.01. The van der Waals surface area contributed by atoms with Crippen LogP contribution in [-0.2, 0) is 16.1 Å². The standard InChI is InChI=1S/C21H24N2O3S/c1-26-13-5-12-22-20(25)17-8-10-18(11-9-17)21-23(19(24)15-27-21)14-16-6-3-2-4-7-16/h2-4,6-11,21H,5,12-15H2,1H3,(H,22,25). The van der Waals surface area contributed by atoms with Crippen molar-refractivity contribution in [1.82, 2.24) is 10.2 Å². The molecule has 1 fully saturated rings. The Labute approximate surface area is 164 Å². The normalized spacial score (nSPS) is 16.6. The molecule has 2 aromatic carbocycles. The predicted octanol–water partition coefficient (Wildman–Crippen LogP) is 3.23. The van der Waals surface area contributed by atoms with Gasteiger partial charge in [0.15, 0.2) is 0 Å². The summed E-state index contributed by atoms with van der Waals surface area (Å²) in [4.78, 5) is 26.4. The van der Waals surface area contributed by atoms with Crippen LogP contribution in [0.1, 0.15) is 33.3 Å². The van der Waals surface area contributed by atoms with Crippen LogP contribution < -0.4 is 5.32 Å². The van der Waals surface area contributed by atoms with Crippen LogP contribution >= 0.6 is 11.8 Å². The van der Waals surface area contributed by atoms with Crippen LogP contribution in [0.25, 0.3) is 0 Å². The molecule has 0 aromatic heterocycles. The van der Waals surface area contributed by atoms with E-state index in [1.165, 1.54) is 0 Å². The second kappa shape index (κ2) is 9.58. The fourth-order valence-electron chi connectivity index (χ4n) is 3.00. The largest absolute Gasteiger partial charge is 0.385 e. The number of carbonyl (C=O) groups is 2. The number of thioether (sulfide) groups is 1. The van der Waals surface area contributed by atoms with E-state index in [0.717, 1.165) is 17.5 Å². The molecule has 2 aromatic rings. The lowest BCUT2D eigenvalue weighted by Crippen LogP contribution is -2.28. The Morgan fingerprint density at radius 3 is 2.63 bits per heavy atom. The van der Waals surface area contributed by atoms with Crippen molar-refractivity contribution in [3.8, 4) is 0 Å². The third-order valence-electron chi connectivity index (χ3n) is 4.43. The van der Waals surface area contributed by atoms with Crippen LogP contribution in [0.15, 0.2) is 54.6 Å². The summed E-state index contributed by atoms with van der Waals surface area (Å²) >= 11 is 1.63. The summed E-state index contributed by atoms with van der Waals surface area (Å²) in [7, 11) is 1.65. The number of ether oxygens (including phenoxy) is 1. The molecule has 1 heterocycles. The maximum atomic E-state index is 12.3. The van der Waals surface area contributed by atoms with Gasteiger partial charge in [0, 0.05) is 32.4 Å². The number of rotatable bonds is 8. The van der Waals surface area contributed by atoms with E-state index < -0.39 is 0 Å². The average Bonchev–Trinajstić information content (AvgIpc) is 3.06. The molecule has 0 bridgehead atoms. The molecule has 1 N–H and O–H groups in total. The Bertz CT molecular complexity index is 765. The molecule has 142 valence electrons. The minimum atomic E-state index is -0.0889. The van der Waals surface area contributed by atoms with Gasteiger partial charge >= 0.3 is 0 Å². The van der Waals surface area contributed by atoms with E-state index in [4.69, 9.17) is 4.74 Å². The van der Waals surface area contributed by atoms with Crippen molar-refractivity contribution < 1.29 is 14.3 Å². The topological polar surface area (TPSA) is 58.6 Å². The van der Waals surface area contributed by atoms with Crippen molar-refractivity contribution >= 4 is 23.6 Å². The third-order valence-corrected chi connectivity index (χ3v) is 5.69. The smallest absolute Gasteiger partial charge is 0.251 e. The number of nitrogens with zero attached hydrogens (tertiary/aromatic N) is 1. The van der Waals surface area contributed by atoms with E-state index in [2.05, 4.69) is 5.32 Å². The van der Waals surface area contributed by atoms with E-state index in [1.54, 1.807) is 18.9 Å². The molecule has 0 spiro atoms. The molecule has 3 rings (SSSR count). The van der Waals surface area contributed by atoms with Crippen molar-refractivity contribution in [2.45, 2.75) is 18.3 Å². The molecular formula is C21H24N2O3S. The van der Waals surface area contributed by atoms with E-state index in [0.29, 0.717) is 31.0 Å². The van der Waals surface area contributed by atoms with E-state index in [9.17, 15) is 9.59 Å². The van der Waals surface area contributed by atoms with Crippen molar-refractivity contribution in [2.24, 2.45) is 0 Å². The molecule has 1 aliphatic rings. The highest BCUT2D eigenvalue weighted by Crippen LogP contribution is 2.39. The molecule has 27 heavy (non-hydrogen) atoms. The maximum absolute atomic E-state index is 12.3. The van der Waals surface area contributed by atoms with E-state index in [-0.39, 0.29) is 17.2 Å². The van der Waals surface area contributed by atoms with E-state index in [1.807, 2.05) is 59.5 Å². The lowest BCUT2D eigenvalue weighted by atomic mass is 10.1. The quantitative estimate of drug-likeness (QED) is 0.710. The van der Waals surface area contributed by atoms with Crippen LogP contribution in [-0.4, -0.2) is 42.7 Å². The van der Waals surface area contributed by atoms with Crippen molar-refractivity contribution in [3.63, 3.8) is 0 Å². The van der Waals surface area contributed by atoms with Gasteiger partial charge in [-0.25, -0.2) is 0 Å². The number of methoxy groups -OCH3 is 1. The Morgan fingerprint density at radius 1 is 1.19 bits per heavy atom. The summed E-state index contributed by atoms with van der Waals surface area (Å²) in [5.41, 5.74) is 2.78. The Balaban J connectivity index is 1.64. The van der Waals surface area contributed by atoms with Gasteiger partial charge in [-0.2, -0.15) is 0 Å². The number of nitrogens with one attached hydrogen (secondary N) is 1. The predicted molar refractivity (Wildman–Crippen MR) is 107 cm³/mol. The summed E-state index contributed by atoms with van der Waals surface area (Å²) in [5.74, 6) is 0.543. The summed E-state index contributed by atoms with van der Waals surface area (Å²) in [6.07, 6.45) is 0.787. The number of hydrogen-bond donors (Lipinski definition) is 1. The molecule has 0 saturated carbocycles. The number of carbonyl (C=O) groups excluding carboxylic acids is 2. The molecule has 0 radical (unpaired) electrons. The lowest BCUT2D eigenvalue weighted by Gasteiger charge is -2.24. The van der Waals surface area contributed by atoms with Crippen molar-refractivity contribution in [1.29, 1.82) is 0 Å². The molecule has 1 unspecified atom stereocenters. The number of amides is 2. The minimum absolute atomic E-state index is 0.0171. The van der Waals surface area contributed by atoms with Gasteiger partial charge in [0.05, 0.1) is 5.75 Å². The summed E-state index contributed by atoms with van der Waals surface area (Å²) in [6.45, 7) is 1.81. The first-order valence-corrected chi connectivity index (χ1v) is 10.1. The highest BCUT2D eigenvalue weighted by atomic mass is 32.2. The SMILES string of the molecule is COCCCNC(=O)c1ccc(C2SCC(=O)N2Cc2ccccc2)cc1. The Morgan fingerprint density at radius 2 is 1.93 bits per heavy atom. The van der Waals surface area contributed by atoms with Gasteiger partial charge in [0.2, 0.25) is 5.91 Å². The molecule has 1 aliphatic heterocycles. The zero-order valence-corrected chi connectivity index (χ0v) is 16.2. The van der Waals surface area contributed by atoms with Gasteiger partial charge in [-0.1, -0.05) is 42.5 Å². The highest BCUT2D eigenvalue weighted by Gasteiger charge is 2.32. The highest BCUT2D eigenvalue weighted by molar-refractivity contribution is 8.00. The van der Waals surface area contributed by atoms with Gasteiger partial charge in [0.25, 0.3) is 5.91 Å². The van der Waals surface area contributed by atoms with Crippen molar-refractivity contribution in [2.75, 3.05) is 26.0 Å². The van der Waals surface area contributed by atoms with Crippen LogP contribution in [0.5, 0.6) is 0 Å². The number of hydrogen-bond acceptors (Lipinski definition) is 4. The van der Waals surface area contributed by atoms with Gasteiger partial charge in [-0.3, -0.25) is 9.59 Å². The molecule has 1 saturated heterocycles. The Hall–Kier alpha value is -2.31. The number of benzene rings is 2. The van der Waals surface area contributed by atoms with Crippen LogP contribution in [0.4, 0.5) is 0 Å². The van der Waals surface area contributed by atoms with Crippen LogP contribution in [0.3, 0.4) is 0 Å². The molecule has 2 amide bonds. The molecule has 0 aliphatic carbocycles. The van der Waals surface area contributed by atoms with Crippen LogP contribution in [0, 0.1) is 0 Å². The van der Waals surface area contributed by atoms with Crippen molar-refractivity contribution in [3.05, 3.63) is 71.3 Å². The molecule has 5 nitrogen and oxygen atoms in total. The summed E-state index contributed by atoms with van der Waals surface area (Å²) in [6, 6.07) is 17.5. The zero-order valence-electron chi connectivity index (χ0n) is 15.4. The fourth-order valence-corrected chi connectivity index (χ4v) is 4.19. The molecular weight excluding hydrogens is 360 g/mol. The zero-order chi connectivity index (χ0) is 19.1. The van der Waals surface area contributed by atoms with Gasteiger partial charge < -0.3 is 15.0 Å². The van der Waals surface area contributed by atoms with E-state index >= 15 is 0 Å². The van der Waals surface area contributed by atoms with Crippen LogP contribution in [0.2, 0.25) is 0 Å².